The fraction of sp³-hybridized carbons (Fsp3) is 0.444. The number of hydrogen-bond acceptors (Lipinski definition) is 4. The molecule has 6 nitrogen and oxygen atoms in total. The van der Waals surface area contributed by atoms with Crippen LogP contribution in [0.5, 0.6) is 5.75 Å². The number of aromatic nitrogens is 2. The molecule has 1 aliphatic rings. The predicted octanol–water partition coefficient (Wildman–Crippen LogP) is 1.82. The molecule has 0 bridgehead atoms. The quantitative estimate of drug-likeness (QED) is 0.828. The van der Waals surface area contributed by atoms with Gasteiger partial charge in [-0.2, -0.15) is 5.10 Å². The van der Waals surface area contributed by atoms with Crippen molar-refractivity contribution in [2.45, 2.75) is 5.92 Å². The molecule has 3 rings (SSSR count). The first-order chi connectivity index (χ1) is 12.0. The molecule has 0 unspecified atom stereocenters. The van der Waals surface area contributed by atoms with Crippen LogP contribution in [0.25, 0.3) is 0 Å². The monoisotopic (exact) mass is 382 g/mol. The minimum atomic E-state index is -0.296. The lowest BCUT2D eigenvalue weighted by molar-refractivity contribution is -0.134. The highest BCUT2D eigenvalue weighted by atomic mass is 35.5. The van der Waals surface area contributed by atoms with Crippen molar-refractivity contribution in [1.82, 2.24) is 20.0 Å². The standard InChI is InChI=1S/C18H23FN4O2.ClH/c1-22(7-8-25-15-5-3-14(19)4-6-15)18(24)17-11-20-10-16(17)13-9-21-23(2)12-13;/h3-6,9,12,16-17,20H,7-8,10-11H2,1-2H3;1H/t16-,17+;/m1./s1. The zero-order valence-electron chi connectivity index (χ0n) is 14.9. The molecular weight excluding hydrogens is 359 g/mol. The van der Waals surface area contributed by atoms with Gasteiger partial charge in [-0.05, 0) is 29.8 Å². The Morgan fingerprint density at radius 1 is 1.38 bits per heavy atom. The van der Waals surface area contributed by atoms with Crippen LogP contribution in [0.1, 0.15) is 11.5 Å². The van der Waals surface area contributed by atoms with E-state index in [0.29, 0.717) is 25.4 Å². The number of rotatable bonds is 6. The minimum absolute atomic E-state index is 0. The van der Waals surface area contributed by atoms with Gasteiger partial charge >= 0.3 is 0 Å². The third-order valence-corrected chi connectivity index (χ3v) is 4.57. The molecule has 1 aromatic heterocycles. The van der Waals surface area contributed by atoms with Gasteiger partial charge in [-0.1, -0.05) is 0 Å². The molecule has 26 heavy (non-hydrogen) atoms. The van der Waals surface area contributed by atoms with Gasteiger partial charge in [-0.15, -0.1) is 12.4 Å². The highest BCUT2D eigenvalue weighted by Crippen LogP contribution is 2.29. The summed E-state index contributed by atoms with van der Waals surface area (Å²) in [6, 6.07) is 5.87. The van der Waals surface area contributed by atoms with Crippen LogP contribution in [0, 0.1) is 11.7 Å². The zero-order chi connectivity index (χ0) is 17.8. The Morgan fingerprint density at radius 2 is 2.12 bits per heavy atom. The highest BCUT2D eigenvalue weighted by molar-refractivity contribution is 5.85. The van der Waals surface area contributed by atoms with E-state index in [9.17, 15) is 9.18 Å². The minimum Gasteiger partial charge on any atom is -0.492 e. The van der Waals surface area contributed by atoms with E-state index >= 15 is 0 Å². The van der Waals surface area contributed by atoms with Gasteiger partial charge in [0, 0.05) is 39.3 Å². The number of halogens is 2. The first-order valence-corrected chi connectivity index (χ1v) is 8.37. The third-order valence-electron chi connectivity index (χ3n) is 4.57. The van der Waals surface area contributed by atoms with Crippen molar-refractivity contribution in [1.29, 1.82) is 0 Å². The number of nitrogens with one attached hydrogen (secondary N) is 1. The van der Waals surface area contributed by atoms with Gasteiger partial charge < -0.3 is 15.0 Å². The van der Waals surface area contributed by atoms with Crippen molar-refractivity contribution in [2.24, 2.45) is 13.0 Å². The molecule has 1 amide bonds. The number of carbonyl (C=O) groups is 1. The summed E-state index contributed by atoms with van der Waals surface area (Å²) in [7, 11) is 3.66. The Hall–Kier alpha value is -2.12. The summed E-state index contributed by atoms with van der Waals surface area (Å²) in [5, 5.41) is 7.51. The number of ether oxygens (including phenoxy) is 1. The summed E-state index contributed by atoms with van der Waals surface area (Å²) in [5.74, 6) is 0.441. The largest absolute Gasteiger partial charge is 0.492 e. The fourth-order valence-corrected chi connectivity index (χ4v) is 3.14. The van der Waals surface area contributed by atoms with Crippen molar-refractivity contribution in [3.63, 3.8) is 0 Å². The second-order valence-electron chi connectivity index (χ2n) is 6.38. The van der Waals surface area contributed by atoms with E-state index in [4.69, 9.17) is 4.74 Å². The Bertz CT molecular complexity index is 722. The molecule has 1 N–H and O–H groups in total. The van der Waals surface area contributed by atoms with Gasteiger partial charge in [0.1, 0.15) is 18.2 Å². The Labute approximate surface area is 158 Å². The molecule has 1 aromatic carbocycles. The van der Waals surface area contributed by atoms with Gasteiger partial charge in [-0.25, -0.2) is 4.39 Å². The summed E-state index contributed by atoms with van der Waals surface area (Å²) in [4.78, 5) is 14.5. The molecule has 142 valence electrons. The molecule has 0 aliphatic carbocycles. The predicted molar refractivity (Wildman–Crippen MR) is 99.1 cm³/mol. The van der Waals surface area contributed by atoms with Crippen molar-refractivity contribution in [2.75, 3.05) is 33.3 Å². The van der Waals surface area contributed by atoms with Crippen LogP contribution < -0.4 is 10.1 Å². The van der Waals surface area contributed by atoms with E-state index in [1.165, 1.54) is 12.1 Å². The number of nitrogens with zero attached hydrogens (tertiary/aromatic N) is 3. The number of carbonyl (C=O) groups excluding carboxylic acids is 1. The Kier molecular flexibility index (Phi) is 6.99. The summed E-state index contributed by atoms with van der Waals surface area (Å²) < 4.78 is 20.2. The summed E-state index contributed by atoms with van der Waals surface area (Å²) in [6.45, 7) is 2.29. The fourth-order valence-electron chi connectivity index (χ4n) is 3.14. The van der Waals surface area contributed by atoms with Crippen molar-refractivity contribution >= 4 is 18.3 Å². The van der Waals surface area contributed by atoms with Crippen molar-refractivity contribution in [3.05, 3.63) is 48.0 Å². The lowest BCUT2D eigenvalue weighted by Crippen LogP contribution is -2.38. The second-order valence-corrected chi connectivity index (χ2v) is 6.38. The Balaban J connectivity index is 0.00000243. The van der Waals surface area contributed by atoms with Crippen LogP contribution in [-0.4, -0.2) is 53.9 Å². The third kappa shape index (κ3) is 4.74. The number of amides is 1. The molecule has 0 saturated carbocycles. The Morgan fingerprint density at radius 3 is 2.77 bits per heavy atom. The van der Waals surface area contributed by atoms with E-state index in [2.05, 4.69) is 10.4 Å². The van der Waals surface area contributed by atoms with E-state index < -0.39 is 0 Å². The van der Waals surface area contributed by atoms with Crippen LogP contribution in [0.4, 0.5) is 4.39 Å². The van der Waals surface area contributed by atoms with Crippen LogP contribution in [0.2, 0.25) is 0 Å². The molecule has 2 heterocycles. The van der Waals surface area contributed by atoms with Crippen molar-refractivity contribution < 1.29 is 13.9 Å². The van der Waals surface area contributed by atoms with Crippen LogP contribution in [0.15, 0.2) is 36.7 Å². The smallest absolute Gasteiger partial charge is 0.227 e. The number of hydrogen-bond donors (Lipinski definition) is 1. The maximum atomic E-state index is 12.9. The van der Waals surface area contributed by atoms with Gasteiger partial charge in [0.25, 0.3) is 0 Å². The molecule has 0 radical (unpaired) electrons. The van der Waals surface area contributed by atoms with Gasteiger partial charge in [0.05, 0.1) is 18.7 Å². The zero-order valence-corrected chi connectivity index (χ0v) is 15.7. The van der Waals surface area contributed by atoms with E-state index in [1.54, 1.807) is 28.8 Å². The summed E-state index contributed by atoms with van der Waals surface area (Å²) >= 11 is 0. The molecule has 2 atom stereocenters. The number of aryl methyl sites for hydroxylation is 1. The maximum Gasteiger partial charge on any atom is 0.227 e. The normalized spacial score (nSPS) is 19.0. The molecule has 1 saturated heterocycles. The van der Waals surface area contributed by atoms with Gasteiger partial charge in [0.2, 0.25) is 5.91 Å². The molecule has 8 heteroatoms. The molecule has 0 spiro atoms. The molecular formula is C18H24ClFN4O2. The number of benzene rings is 1. The van der Waals surface area contributed by atoms with Crippen LogP contribution in [0.3, 0.4) is 0 Å². The van der Waals surface area contributed by atoms with Crippen molar-refractivity contribution in [3.8, 4) is 5.75 Å². The van der Waals surface area contributed by atoms with Gasteiger partial charge in [0.15, 0.2) is 0 Å². The second kappa shape index (κ2) is 9.00. The van der Waals surface area contributed by atoms with Crippen LogP contribution >= 0.6 is 12.4 Å². The van der Waals surface area contributed by atoms with E-state index in [0.717, 1.165) is 12.1 Å². The average molecular weight is 383 g/mol. The molecule has 1 aliphatic heterocycles. The summed E-state index contributed by atoms with van der Waals surface area (Å²) in [5.41, 5.74) is 1.09. The first-order valence-electron chi connectivity index (χ1n) is 8.37. The number of likely N-dealkylation sites (N-methyl/N-ethyl adjacent to an activating group) is 1. The lowest BCUT2D eigenvalue weighted by Gasteiger charge is -2.24. The van der Waals surface area contributed by atoms with Gasteiger partial charge in [-0.3, -0.25) is 9.48 Å². The molecule has 2 aromatic rings. The maximum absolute atomic E-state index is 12.9. The SMILES string of the molecule is CN(CCOc1ccc(F)cc1)C(=O)[C@H]1CNC[C@@H]1c1cnn(C)c1.Cl. The average Bonchev–Trinajstić information content (AvgIpc) is 3.24. The van der Waals surface area contributed by atoms with Crippen LogP contribution in [-0.2, 0) is 11.8 Å². The summed E-state index contributed by atoms with van der Waals surface area (Å²) in [6.07, 6.45) is 3.80. The molecule has 1 fully saturated rings. The first kappa shape index (κ1) is 20.2. The van der Waals surface area contributed by atoms with E-state index in [1.807, 2.05) is 19.4 Å². The lowest BCUT2D eigenvalue weighted by atomic mass is 9.90. The highest BCUT2D eigenvalue weighted by Gasteiger charge is 2.36. The topological polar surface area (TPSA) is 59.4 Å². The van der Waals surface area contributed by atoms with E-state index in [-0.39, 0.29) is 36.0 Å².